The van der Waals surface area contributed by atoms with Crippen molar-refractivity contribution in [3.63, 3.8) is 0 Å². The average molecular weight is 212 g/mol. The number of carbonyl (C=O) groups is 1. The van der Waals surface area contributed by atoms with Crippen LogP contribution in [0.3, 0.4) is 0 Å². The van der Waals surface area contributed by atoms with Crippen molar-refractivity contribution < 1.29 is 4.79 Å². The van der Waals surface area contributed by atoms with Crippen molar-refractivity contribution in [1.29, 1.82) is 0 Å². The van der Waals surface area contributed by atoms with Gasteiger partial charge in [-0.3, -0.25) is 4.79 Å². The van der Waals surface area contributed by atoms with Gasteiger partial charge in [0.25, 0.3) is 0 Å². The van der Waals surface area contributed by atoms with Crippen molar-refractivity contribution >= 4 is 5.91 Å². The van der Waals surface area contributed by atoms with E-state index in [9.17, 15) is 4.79 Å². The SMILES string of the molecule is CCCC1CCC(NC(=O)CCN)CC1. The van der Waals surface area contributed by atoms with E-state index in [-0.39, 0.29) is 5.91 Å². The molecule has 1 saturated carbocycles. The van der Waals surface area contributed by atoms with Gasteiger partial charge in [0.15, 0.2) is 0 Å². The van der Waals surface area contributed by atoms with Crippen LogP contribution in [0.25, 0.3) is 0 Å². The van der Waals surface area contributed by atoms with Crippen molar-refractivity contribution in [2.24, 2.45) is 11.7 Å². The summed E-state index contributed by atoms with van der Waals surface area (Å²) in [5, 5.41) is 3.06. The Kier molecular flexibility index (Phi) is 5.69. The highest BCUT2D eigenvalue weighted by Gasteiger charge is 2.21. The Hall–Kier alpha value is -0.570. The van der Waals surface area contributed by atoms with E-state index in [1.165, 1.54) is 25.7 Å². The van der Waals surface area contributed by atoms with Crippen LogP contribution < -0.4 is 11.1 Å². The summed E-state index contributed by atoms with van der Waals surface area (Å²) in [5.74, 6) is 1.02. The predicted molar refractivity (Wildman–Crippen MR) is 62.5 cm³/mol. The summed E-state index contributed by atoms with van der Waals surface area (Å²) in [4.78, 5) is 11.3. The Morgan fingerprint density at radius 1 is 1.33 bits per heavy atom. The third-order valence-electron chi connectivity index (χ3n) is 3.28. The summed E-state index contributed by atoms with van der Waals surface area (Å²) in [6.45, 7) is 2.70. The lowest BCUT2D eigenvalue weighted by Crippen LogP contribution is -2.38. The zero-order chi connectivity index (χ0) is 11.1. The van der Waals surface area contributed by atoms with Gasteiger partial charge in [-0.15, -0.1) is 0 Å². The number of nitrogens with one attached hydrogen (secondary N) is 1. The average Bonchev–Trinajstić information content (AvgIpc) is 2.22. The molecule has 1 aliphatic rings. The van der Waals surface area contributed by atoms with Crippen LogP contribution in [0.2, 0.25) is 0 Å². The number of hydrogen-bond acceptors (Lipinski definition) is 2. The molecule has 0 bridgehead atoms. The van der Waals surface area contributed by atoms with Gasteiger partial charge >= 0.3 is 0 Å². The lowest BCUT2D eigenvalue weighted by molar-refractivity contribution is -0.121. The van der Waals surface area contributed by atoms with Crippen LogP contribution in [0.15, 0.2) is 0 Å². The van der Waals surface area contributed by atoms with Crippen molar-refractivity contribution in [1.82, 2.24) is 5.32 Å². The topological polar surface area (TPSA) is 55.1 Å². The minimum atomic E-state index is 0.122. The van der Waals surface area contributed by atoms with E-state index >= 15 is 0 Å². The largest absolute Gasteiger partial charge is 0.353 e. The van der Waals surface area contributed by atoms with Crippen molar-refractivity contribution in [3.05, 3.63) is 0 Å². The summed E-state index contributed by atoms with van der Waals surface area (Å²) in [6.07, 6.45) is 7.97. The molecule has 15 heavy (non-hydrogen) atoms. The lowest BCUT2D eigenvalue weighted by Gasteiger charge is -2.28. The van der Waals surface area contributed by atoms with Gasteiger partial charge < -0.3 is 11.1 Å². The molecule has 0 aromatic heterocycles. The monoisotopic (exact) mass is 212 g/mol. The highest BCUT2D eigenvalue weighted by molar-refractivity contribution is 5.76. The maximum absolute atomic E-state index is 11.3. The molecule has 0 radical (unpaired) electrons. The minimum Gasteiger partial charge on any atom is -0.353 e. The zero-order valence-electron chi connectivity index (χ0n) is 9.80. The fourth-order valence-corrected chi connectivity index (χ4v) is 2.43. The van der Waals surface area contributed by atoms with E-state index in [0.717, 1.165) is 18.8 Å². The molecule has 0 unspecified atom stereocenters. The molecule has 3 heteroatoms. The molecule has 88 valence electrons. The molecule has 0 atom stereocenters. The van der Waals surface area contributed by atoms with Gasteiger partial charge in [-0.1, -0.05) is 19.8 Å². The molecule has 1 fully saturated rings. The second-order valence-corrected chi connectivity index (χ2v) is 4.61. The van der Waals surface area contributed by atoms with Crippen LogP contribution in [0.5, 0.6) is 0 Å². The fourth-order valence-electron chi connectivity index (χ4n) is 2.43. The van der Waals surface area contributed by atoms with E-state index in [1.807, 2.05) is 0 Å². The van der Waals surface area contributed by atoms with E-state index in [0.29, 0.717) is 19.0 Å². The summed E-state index contributed by atoms with van der Waals surface area (Å²) < 4.78 is 0. The summed E-state index contributed by atoms with van der Waals surface area (Å²) in [6, 6.07) is 0.414. The van der Waals surface area contributed by atoms with E-state index in [2.05, 4.69) is 12.2 Å². The Morgan fingerprint density at radius 3 is 2.53 bits per heavy atom. The third-order valence-corrected chi connectivity index (χ3v) is 3.28. The molecule has 3 N–H and O–H groups in total. The van der Waals surface area contributed by atoms with Gasteiger partial charge in [-0.25, -0.2) is 0 Å². The maximum atomic E-state index is 11.3. The quantitative estimate of drug-likeness (QED) is 0.730. The second kappa shape index (κ2) is 6.83. The first-order valence-electron chi connectivity index (χ1n) is 6.25. The molecular weight excluding hydrogens is 188 g/mol. The molecule has 1 rings (SSSR count). The first kappa shape index (κ1) is 12.5. The van der Waals surface area contributed by atoms with Crippen LogP contribution in [-0.4, -0.2) is 18.5 Å². The first-order valence-corrected chi connectivity index (χ1v) is 6.25. The third kappa shape index (κ3) is 4.65. The molecule has 0 heterocycles. The molecule has 3 nitrogen and oxygen atoms in total. The lowest BCUT2D eigenvalue weighted by atomic mass is 9.83. The normalized spacial score (nSPS) is 26.3. The molecule has 0 spiro atoms. The Balaban J connectivity index is 2.16. The van der Waals surface area contributed by atoms with Crippen LogP contribution in [0.1, 0.15) is 51.9 Å². The van der Waals surface area contributed by atoms with Gasteiger partial charge in [0.1, 0.15) is 0 Å². The van der Waals surface area contributed by atoms with Gasteiger partial charge in [-0.2, -0.15) is 0 Å². The number of rotatable bonds is 5. The summed E-state index contributed by atoms with van der Waals surface area (Å²) in [5.41, 5.74) is 5.34. The van der Waals surface area contributed by atoms with E-state index in [1.54, 1.807) is 0 Å². The molecule has 0 aliphatic heterocycles. The van der Waals surface area contributed by atoms with Gasteiger partial charge in [-0.05, 0) is 31.6 Å². The van der Waals surface area contributed by atoms with Gasteiger partial charge in [0.2, 0.25) is 5.91 Å². The molecule has 0 saturated heterocycles. The highest BCUT2D eigenvalue weighted by Crippen LogP contribution is 2.27. The number of hydrogen-bond donors (Lipinski definition) is 2. The van der Waals surface area contributed by atoms with Crippen LogP contribution >= 0.6 is 0 Å². The van der Waals surface area contributed by atoms with Crippen LogP contribution in [0, 0.1) is 5.92 Å². The second-order valence-electron chi connectivity index (χ2n) is 4.61. The predicted octanol–water partition coefficient (Wildman–Crippen LogP) is 1.81. The number of amides is 1. The summed E-state index contributed by atoms with van der Waals surface area (Å²) >= 11 is 0. The molecule has 1 aliphatic carbocycles. The van der Waals surface area contributed by atoms with Crippen LogP contribution in [-0.2, 0) is 4.79 Å². The molecule has 0 aromatic rings. The standard InChI is InChI=1S/C12H24N2O/c1-2-3-10-4-6-11(7-5-10)14-12(15)8-9-13/h10-11H,2-9,13H2,1H3,(H,14,15). The van der Waals surface area contributed by atoms with Crippen molar-refractivity contribution in [2.75, 3.05) is 6.54 Å². The Bertz CT molecular complexity index is 186. The number of nitrogens with two attached hydrogens (primary N) is 1. The van der Waals surface area contributed by atoms with E-state index in [4.69, 9.17) is 5.73 Å². The van der Waals surface area contributed by atoms with Crippen LogP contribution in [0.4, 0.5) is 0 Å². The maximum Gasteiger partial charge on any atom is 0.221 e. The summed E-state index contributed by atoms with van der Waals surface area (Å²) in [7, 11) is 0. The first-order chi connectivity index (χ1) is 7.26. The molecule has 0 aromatic carbocycles. The van der Waals surface area contributed by atoms with Crippen molar-refractivity contribution in [3.8, 4) is 0 Å². The smallest absolute Gasteiger partial charge is 0.221 e. The highest BCUT2D eigenvalue weighted by atomic mass is 16.1. The zero-order valence-corrected chi connectivity index (χ0v) is 9.80. The van der Waals surface area contributed by atoms with Gasteiger partial charge in [0.05, 0.1) is 0 Å². The minimum absolute atomic E-state index is 0.122. The fraction of sp³-hybridized carbons (Fsp3) is 0.917. The molecular formula is C12H24N2O. The van der Waals surface area contributed by atoms with Gasteiger partial charge in [0, 0.05) is 19.0 Å². The van der Waals surface area contributed by atoms with E-state index < -0.39 is 0 Å². The number of carbonyl (C=O) groups excluding carboxylic acids is 1. The van der Waals surface area contributed by atoms with Crippen molar-refractivity contribution in [2.45, 2.75) is 57.9 Å². The molecule has 1 amide bonds. The Labute approximate surface area is 92.8 Å². The Morgan fingerprint density at radius 2 is 2.00 bits per heavy atom.